The van der Waals surface area contributed by atoms with Crippen LogP contribution in [0.4, 0.5) is 0 Å². The molecular weight excluding hydrogens is 200 g/mol. The van der Waals surface area contributed by atoms with Crippen LogP contribution in [0.2, 0.25) is 0 Å². The predicted octanol–water partition coefficient (Wildman–Crippen LogP) is 2.37. The first-order valence-electron chi connectivity index (χ1n) is 5.44. The average molecular weight is 214 g/mol. The van der Waals surface area contributed by atoms with E-state index in [2.05, 4.69) is 10.3 Å². The highest BCUT2D eigenvalue weighted by molar-refractivity contribution is 5.97. The molecule has 1 aromatic heterocycles. The van der Waals surface area contributed by atoms with Crippen LogP contribution < -0.4 is 5.32 Å². The van der Waals surface area contributed by atoms with E-state index >= 15 is 0 Å². The van der Waals surface area contributed by atoms with Gasteiger partial charge in [-0.15, -0.1) is 0 Å². The lowest BCUT2D eigenvalue weighted by molar-refractivity contribution is 0.0953. The zero-order valence-electron chi connectivity index (χ0n) is 9.23. The number of nitrogens with one attached hydrogen (secondary N) is 1. The molecule has 0 saturated heterocycles. The molecule has 0 aliphatic rings. The Bertz CT molecular complexity index is 508. The SMILES string of the molecule is CCCNC(=O)c1cnc2ccccc2c1. The third-order valence-corrected chi connectivity index (χ3v) is 2.39. The Hall–Kier alpha value is -1.90. The summed E-state index contributed by atoms with van der Waals surface area (Å²) in [6, 6.07) is 9.64. The molecule has 0 radical (unpaired) electrons. The Morgan fingerprint density at radius 3 is 3.00 bits per heavy atom. The Morgan fingerprint density at radius 2 is 2.19 bits per heavy atom. The van der Waals surface area contributed by atoms with Gasteiger partial charge in [-0.1, -0.05) is 25.1 Å². The Labute approximate surface area is 94.5 Å². The summed E-state index contributed by atoms with van der Waals surface area (Å²) >= 11 is 0. The van der Waals surface area contributed by atoms with Crippen molar-refractivity contribution in [1.29, 1.82) is 0 Å². The van der Waals surface area contributed by atoms with E-state index in [1.165, 1.54) is 0 Å². The van der Waals surface area contributed by atoms with E-state index in [1.54, 1.807) is 6.20 Å². The molecule has 1 amide bonds. The second-order valence-corrected chi connectivity index (χ2v) is 3.67. The molecule has 3 nitrogen and oxygen atoms in total. The molecule has 0 aliphatic heterocycles. The summed E-state index contributed by atoms with van der Waals surface area (Å²) < 4.78 is 0. The highest BCUT2D eigenvalue weighted by atomic mass is 16.1. The Kier molecular flexibility index (Phi) is 3.15. The molecule has 0 atom stereocenters. The quantitative estimate of drug-likeness (QED) is 0.852. The van der Waals surface area contributed by atoms with E-state index < -0.39 is 0 Å². The normalized spacial score (nSPS) is 10.3. The van der Waals surface area contributed by atoms with Gasteiger partial charge in [0.05, 0.1) is 11.1 Å². The summed E-state index contributed by atoms with van der Waals surface area (Å²) in [6.45, 7) is 2.73. The number of pyridine rings is 1. The topological polar surface area (TPSA) is 42.0 Å². The largest absolute Gasteiger partial charge is 0.352 e. The van der Waals surface area contributed by atoms with Gasteiger partial charge in [-0.3, -0.25) is 9.78 Å². The lowest BCUT2D eigenvalue weighted by atomic mass is 10.1. The monoisotopic (exact) mass is 214 g/mol. The standard InChI is InChI=1S/C13H14N2O/c1-2-7-14-13(16)11-8-10-5-3-4-6-12(10)15-9-11/h3-6,8-9H,2,7H2,1H3,(H,14,16). The van der Waals surface area contributed by atoms with E-state index in [0.717, 1.165) is 17.3 Å². The van der Waals surface area contributed by atoms with Crippen LogP contribution in [0.25, 0.3) is 10.9 Å². The van der Waals surface area contributed by atoms with E-state index in [4.69, 9.17) is 0 Å². The maximum Gasteiger partial charge on any atom is 0.252 e. The Balaban J connectivity index is 2.28. The van der Waals surface area contributed by atoms with Crippen molar-refractivity contribution in [2.45, 2.75) is 13.3 Å². The summed E-state index contributed by atoms with van der Waals surface area (Å²) in [7, 11) is 0. The smallest absolute Gasteiger partial charge is 0.252 e. The van der Waals surface area contributed by atoms with Gasteiger partial charge in [-0.25, -0.2) is 0 Å². The fourth-order valence-corrected chi connectivity index (χ4v) is 1.54. The molecule has 82 valence electrons. The van der Waals surface area contributed by atoms with Crippen LogP contribution in [-0.4, -0.2) is 17.4 Å². The van der Waals surface area contributed by atoms with Crippen molar-refractivity contribution in [1.82, 2.24) is 10.3 Å². The van der Waals surface area contributed by atoms with Gasteiger partial charge < -0.3 is 5.32 Å². The van der Waals surface area contributed by atoms with E-state index in [-0.39, 0.29) is 5.91 Å². The molecule has 2 aromatic rings. The number of nitrogens with zero attached hydrogens (tertiary/aromatic N) is 1. The van der Waals surface area contributed by atoms with Gasteiger partial charge in [-0.05, 0) is 18.6 Å². The minimum Gasteiger partial charge on any atom is -0.352 e. The summed E-state index contributed by atoms with van der Waals surface area (Å²) in [5.41, 5.74) is 1.53. The minimum absolute atomic E-state index is 0.0555. The van der Waals surface area contributed by atoms with Crippen molar-refractivity contribution < 1.29 is 4.79 Å². The van der Waals surface area contributed by atoms with Gasteiger partial charge in [-0.2, -0.15) is 0 Å². The molecule has 0 aliphatic carbocycles. The van der Waals surface area contributed by atoms with E-state index in [9.17, 15) is 4.79 Å². The number of amides is 1. The summed E-state index contributed by atoms with van der Waals surface area (Å²) in [5.74, 6) is -0.0555. The number of carbonyl (C=O) groups excluding carboxylic acids is 1. The number of benzene rings is 1. The van der Waals surface area contributed by atoms with Gasteiger partial charge in [0.1, 0.15) is 0 Å². The van der Waals surface area contributed by atoms with Gasteiger partial charge in [0.25, 0.3) is 5.91 Å². The first-order valence-corrected chi connectivity index (χ1v) is 5.44. The molecule has 1 heterocycles. The molecule has 16 heavy (non-hydrogen) atoms. The lowest BCUT2D eigenvalue weighted by Crippen LogP contribution is -2.24. The van der Waals surface area contributed by atoms with E-state index in [1.807, 2.05) is 37.3 Å². The molecule has 0 unspecified atom stereocenters. The third kappa shape index (κ3) is 2.19. The molecule has 0 saturated carbocycles. The molecule has 0 fully saturated rings. The van der Waals surface area contributed by atoms with Crippen LogP contribution >= 0.6 is 0 Å². The van der Waals surface area contributed by atoms with Gasteiger partial charge in [0, 0.05) is 18.1 Å². The fraction of sp³-hybridized carbons (Fsp3) is 0.231. The summed E-state index contributed by atoms with van der Waals surface area (Å²) in [6.07, 6.45) is 2.56. The van der Waals surface area contributed by atoms with Crippen LogP contribution in [0, 0.1) is 0 Å². The van der Waals surface area contributed by atoms with Crippen LogP contribution in [0.1, 0.15) is 23.7 Å². The zero-order chi connectivity index (χ0) is 11.4. The number of aromatic nitrogens is 1. The van der Waals surface area contributed by atoms with Crippen LogP contribution in [0.15, 0.2) is 36.5 Å². The van der Waals surface area contributed by atoms with E-state index in [0.29, 0.717) is 12.1 Å². The summed E-state index contributed by atoms with van der Waals surface area (Å²) in [5, 5.41) is 3.83. The maximum atomic E-state index is 11.7. The first kappa shape index (κ1) is 10.6. The first-order chi connectivity index (χ1) is 7.81. The van der Waals surface area contributed by atoms with Crippen LogP contribution in [0.3, 0.4) is 0 Å². The molecule has 0 bridgehead atoms. The number of para-hydroxylation sites is 1. The zero-order valence-corrected chi connectivity index (χ0v) is 9.23. The van der Waals surface area contributed by atoms with Crippen LogP contribution in [0.5, 0.6) is 0 Å². The van der Waals surface area contributed by atoms with Crippen molar-refractivity contribution in [2.24, 2.45) is 0 Å². The average Bonchev–Trinajstić information content (AvgIpc) is 2.35. The molecule has 1 N–H and O–H groups in total. The van der Waals surface area contributed by atoms with Crippen molar-refractivity contribution in [3.8, 4) is 0 Å². The van der Waals surface area contributed by atoms with Crippen molar-refractivity contribution in [2.75, 3.05) is 6.54 Å². The van der Waals surface area contributed by atoms with Crippen molar-refractivity contribution in [3.63, 3.8) is 0 Å². The Morgan fingerprint density at radius 1 is 1.38 bits per heavy atom. The fourth-order valence-electron chi connectivity index (χ4n) is 1.54. The number of hydrogen-bond acceptors (Lipinski definition) is 2. The second-order valence-electron chi connectivity index (χ2n) is 3.67. The molecule has 3 heteroatoms. The van der Waals surface area contributed by atoms with Crippen LogP contribution in [-0.2, 0) is 0 Å². The number of carbonyl (C=O) groups is 1. The summed E-state index contributed by atoms with van der Waals surface area (Å²) in [4.78, 5) is 15.9. The highest BCUT2D eigenvalue weighted by Crippen LogP contribution is 2.12. The second kappa shape index (κ2) is 4.75. The maximum absolute atomic E-state index is 11.7. The van der Waals surface area contributed by atoms with Gasteiger partial charge >= 0.3 is 0 Å². The third-order valence-electron chi connectivity index (χ3n) is 2.39. The molecule has 2 rings (SSSR count). The van der Waals surface area contributed by atoms with Gasteiger partial charge in [0.15, 0.2) is 0 Å². The van der Waals surface area contributed by atoms with Gasteiger partial charge in [0.2, 0.25) is 0 Å². The van der Waals surface area contributed by atoms with Crippen molar-refractivity contribution in [3.05, 3.63) is 42.1 Å². The lowest BCUT2D eigenvalue weighted by Gasteiger charge is -2.04. The van der Waals surface area contributed by atoms with Crippen molar-refractivity contribution >= 4 is 16.8 Å². The number of hydrogen-bond donors (Lipinski definition) is 1. The number of fused-ring (bicyclic) bond motifs is 1. The predicted molar refractivity (Wildman–Crippen MR) is 64.4 cm³/mol. The molecule has 1 aromatic carbocycles. The molecule has 0 spiro atoms. The number of rotatable bonds is 3. The molecular formula is C13H14N2O. The minimum atomic E-state index is -0.0555. The highest BCUT2D eigenvalue weighted by Gasteiger charge is 2.05.